The predicted molar refractivity (Wildman–Crippen MR) is 72.8 cm³/mol. The van der Waals surface area contributed by atoms with Gasteiger partial charge in [0.2, 0.25) is 0 Å². The number of benzene rings is 1. The first-order valence-electron chi connectivity index (χ1n) is 5.92. The third-order valence-corrected chi connectivity index (χ3v) is 2.86. The minimum absolute atomic E-state index is 0.0877. The fourth-order valence-corrected chi connectivity index (χ4v) is 1.70. The lowest BCUT2D eigenvalue weighted by Crippen LogP contribution is -2.09. The molecule has 7 heteroatoms. The SMILES string of the molecule is Cc1ccc(C#N)cc1Nc1cc(C(F)(F)F)ncc1N. The number of aryl methyl sites for hydroxylation is 1. The fraction of sp³-hybridized carbons (Fsp3) is 0.143. The minimum atomic E-state index is -4.55. The number of pyridine rings is 1. The Kier molecular flexibility index (Phi) is 3.72. The summed E-state index contributed by atoms with van der Waals surface area (Å²) in [6, 6.07) is 7.67. The van der Waals surface area contributed by atoms with Crippen LogP contribution in [0.1, 0.15) is 16.8 Å². The highest BCUT2D eigenvalue weighted by Gasteiger charge is 2.33. The minimum Gasteiger partial charge on any atom is -0.396 e. The van der Waals surface area contributed by atoms with Gasteiger partial charge in [-0.25, -0.2) is 4.98 Å². The first-order valence-corrected chi connectivity index (χ1v) is 5.92. The molecule has 3 N–H and O–H groups in total. The van der Waals surface area contributed by atoms with Crippen LogP contribution in [0.15, 0.2) is 30.5 Å². The van der Waals surface area contributed by atoms with Gasteiger partial charge in [-0.1, -0.05) is 6.07 Å². The molecule has 2 rings (SSSR count). The maximum Gasteiger partial charge on any atom is 0.433 e. The fourth-order valence-electron chi connectivity index (χ4n) is 1.70. The Hall–Kier alpha value is -2.75. The molecule has 0 aliphatic heterocycles. The molecule has 0 amide bonds. The molecule has 0 aliphatic carbocycles. The lowest BCUT2D eigenvalue weighted by molar-refractivity contribution is -0.141. The van der Waals surface area contributed by atoms with E-state index in [1.54, 1.807) is 25.1 Å². The Morgan fingerprint density at radius 1 is 1.24 bits per heavy atom. The summed E-state index contributed by atoms with van der Waals surface area (Å²) in [5.74, 6) is 0. The molecule has 108 valence electrons. The first kappa shape index (κ1) is 14.7. The largest absolute Gasteiger partial charge is 0.433 e. The van der Waals surface area contributed by atoms with Crippen molar-refractivity contribution >= 4 is 17.1 Å². The van der Waals surface area contributed by atoms with E-state index in [9.17, 15) is 13.2 Å². The van der Waals surface area contributed by atoms with Crippen LogP contribution >= 0.6 is 0 Å². The maximum absolute atomic E-state index is 12.7. The van der Waals surface area contributed by atoms with Gasteiger partial charge in [-0.3, -0.25) is 0 Å². The van der Waals surface area contributed by atoms with Crippen molar-refractivity contribution in [1.29, 1.82) is 5.26 Å². The van der Waals surface area contributed by atoms with Crippen molar-refractivity contribution in [2.75, 3.05) is 11.1 Å². The summed E-state index contributed by atoms with van der Waals surface area (Å²) < 4.78 is 38.0. The van der Waals surface area contributed by atoms with Crippen molar-refractivity contribution in [3.8, 4) is 6.07 Å². The normalized spacial score (nSPS) is 11.0. The average Bonchev–Trinajstić information content (AvgIpc) is 2.42. The molecule has 0 aliphatic rings. The lowest BCUT2D eigenvalue weighted by atomic mass is 10.1. The predicted octanol–water partition coefficient (Wildman–Crippen LogP) is 3.61. The summed E-state index contributed by atoms with van der Waals surface area (Å²) in [5.41, 5.74) is 6.48. The van der Waals surface area contributed by atoms with Gasteiger partial charge in [-0.15, -0.1) is 0 Å². The highest BCUT2D eigenvalue weighted by atomic mass is 19.4. The van der Waals surface area contributed by atoms with Crippen molar-refractivity contribution in [1.82, 2.24) is 4.98 Å². The van der Waals surface area contributed by atoms with Gasteiger partial charge in [0.05, 0.1) is 29.2 Å². The van der Waals surface area contributed by atoms with Crippen LogP contribution in [0.5, 0.6) is 0 Å². The molecule has 4 nitrogen and oxygen atoms in total. The molecule has 0 bridgehead atoms. The third kappa shape index (κ3) is 3.23. The number of nitrogens with two attached hydrogens (primary N) is 1. The number of nitrogen functional groups attached to an aromatic ring is 1. The maximum atomic E-state index is 12.7. The number of nitrogens with one attached hydrogen (secondary N) is 1. The second-order valence-electron chi connectivity index (χ2n) is 4.42. The van der Waals surface area contributed by atoms with E-state index in [-0.39, 0.29) is 11.4 Å². The van der Waals surface area contributed by atoms with Gasteiger partial charge in [0.1, 0.15) is 5.69 Å². The standard InChI is InChI=1S/C14H11F3N4/c1-8-2-3-9(6-18)4-11(8)21-12-5-13(14(15,16)17)20-7-10(12)19/h2-5,7H,19H2,1H3,(H,20,21). The highest BCUT2D eigenvalue weighted by Crippen LogP contribution is 2.33. The smallest absolute Gasteiger partial charge is 0.396 e. The van der Waals surface area contributed by atoms with Gasteiger partial charge in [0, 0.05) is 5.69 Å². The van der Waals surface area contributed by atoms with Gasteiger partial charge in [-0.05, 0) is 30.7 Å². The van der Waals surface area contributed by atoms with Gasteiger partial charge < -0.3 is 11.1 Å². The van der Waals surface area contributed by atoms with E-state index >= 15 is 0 Å². The second-order valence-corrected chi connectivity index (χ2v) is 4.42. The number of rotatable bonds is 2. The van der Waals surface area contributed by atoms with E-state index in [1.807, 2.05) is 6.07 Å². The Balaban J connectivity index is 2.42. The molecule has 2 aromatic rings. The summed E-state index contributed by atoms with van der Waals surface area (Å²) in [6.07, 6.45) is -3.59. The van der Waals surface area contributed by atoms with Crippen LogP contribution in [-0.2, 0) is 6.18 Å². The number of anilines is 3. The molecule has 21 heavy (non-hydrogen) atoms. The van der Waals surface area contributed by atoms with Crippen LogP contribution in [0, 0.1) is 18.3 Å². The van der Waals surface area contributed by atoms with Crippen LogP contribution in [-0.4, -0.2) is 4.98 Å². The zero-order valence-corrected chi connectivity index (χ0v) is 11.0. The van der Waals surface area contributed by atoms with Crippen molar-refractivity contribution in [2.45, 2.75) is 13.1 Å². The molecular formula is C14H11F3N4. The van der Waals surface area contributed by atoms with Gasteiger partial charge in [-0.2, -0.15) is 18.4 Å². The molecule has 1 heterocycles. The Morgan fingerprint density at radius 3 is 2.57 bits per heavy atom. The Morgan fingerprint density at radius 2 is 1.95 bits per heavy atom. The number of hydrogen-bond donors (Lipinski definition) is 2. The zero-order chi connectivity index (χ0) is 15.6. The van der Waals surface area contributed by atoms with Crippen LogP contribution in [0.2, 0.25) is 0 Å². The molecular weight excluding hydrogens is 281 g/mol. The number of hydrogen-bond acceptors (Lipinski definition) is 4. The molecule has 0 fully saturated rings. The average molecular weight is 292 g/mol. The van der Waals surface area contributed by atoms with Gasteiger partial charge in [0.15, 0.2) is 0 Å². The van der Waals surface area contributed by atoms with Gasteiger partial charge in [0.25, 0.3) is 0 Å². The van der Waals surface area contributed by atoms with Gasteiger partial charge >= 0.3 is 6.18 Å². The van der Waals surface area contributed by atoms with E-state index in [0.29, 0.717) is 11.3 Å². The van der Waals surface area contributed by atoms with E-state index in [4.69, 9.17) is 11.0 Å². The van der Waals surface area contributed by atoms with Crippen LogP contribution in [0.4, 0.5) is 30.2 Å². The molecule has 0 saturated carbocycles. The van der Waals surface area contributed by atoms with Crippen LogP contribution in [0.25, 0.3) is 0 Å². The number of halogens is 3. The van der Waals surface area contributed by atoms with Crippen molar-refractivity contribution in [3.63, 3.8) is 0 Å². The topological polar surface area (TPSA) is 74.7 Å². The van der Waals surface area contributed by atoms with Crippen LogP contribution < -0.4 is 11.1 Å². The van der Waals surface area contributed by atoms with E-state index in [2.05, 4.69) is 10.3 Å². The van der Waals surface area contributed by atoms with Crippen LogP contribution in [0.3, 0.4) is 0 Å². The number of nitrogens with zero attached hydrogens (tertiary/aromatic N) is 2. The van der Waals surface area contributed by atoms with Crippen molar-refractivity contribution in [2.24, 2.45) is 0 Å². The summed E-state index contributed by atoms with van der Waals surface area (Å²) >= 11 is 0. The van der Waals surface area contributed by atoms with E-state index in [1.165, 1.54) is 0 Å². The van der Waals surface area contributed by atoms with E-state index < -0.39 is 11.9 Å². The van der Waals surface area contributed by atoms with E-state index in [0.717, 1.165) is 17.8 Å². The number of nitriles is 1. The second kappa shape index (κ2) is 5.32. The lowest BCUT2D eigenvalue weighted by Gasteiger charge is -2.14. The van der Waals surface area contributed by atoms with Crippen molar-refractivity contribution in [3.05, 3.63) is 47.3 Å². The van der Waals surface area contributed by atoms with Crippen molar-refractivity contribution < 1.29 is 13.2 Å². The highest BCUT2D eigenvalue weighted by molar-refractivity contribution is 5.74. The Labute approximate surface area is 119 Å². The zero-order valence-electron chi connectivity index (χ0n) is 11.0. The third-order valence-electron chi connectivity index (χ3n) is 2.86. The Bertz CT molecular complexity index is 717. The molecule has 0 saturated heterocycles. The molecule has 0 unspecified atom stereocenters. The number of aromatic nitrogens is 1. The molecule has 0 radical (unpaired) electrons. The summed E-state index contributed by atoms with van der Waals surface area (Å²) in [4.78, 5) is 3.27. The molecule has 0 atom stereocenters. The summed E-state index contributed by atoms with van der Waals surface area (Å²) in [5, 5.41) is 11.7. The first-order chi connectivity index (χ1) is 9.81. The summed E-state index contributed by atoms with van der Waals surface area (Å²) in [7, 11) is 0. The molecule has 0 spiro atoms. The summed E-state index contributed by atoms with van der Waals surface area (Å²) in [6.45, 7) is 1.77. The molecule has 1 aromatic heterocycles. The monoisotopic (exact) mass is 292 g/mol. The number of alkyl halides is 3. The molecule has 1 aromatic carbocycles. The quantitative estimate of drug-likeness (QED) is 0.886.